The van der Waals surface area contributed by atoms with Gasteiger partial charge in [0.2, 0.25) is 0 Å². The van der Waals surface area contributed by atoms with Crippen LogP contribution in [0.2, 0.25) is 0 Å². The molecule has 0 bridgehead atoms. The number of aryl methyl sites for hydroxylation is 1. The molecule has 3 aromatic rings. The van der Waals surface area contributed by atoms with Gasteiger partial charge >= 0.3 is 0 Å². The second-order valence-corrected chi connectivity index (χ2v) is 7.14. The zero-order valence-electron chi connectivity index (χ0n) is 16.1. The van der Waals surface area contributed by atoms with Crippen LogP contribution in [0.3, 0.4) is 0 Å². The average Bonchev–Trinajstić information content (AvgIpc) is 3.01. The molecule has 0 atom stereocenters. The van der Waals surface area contributed by atoms with Crippen molar-refractivity contribution in [3.63, 3.8) is 0 Å². The zero-order valence-corrected chi connectivity index (χ0v) is 16.1. The quantitative estimate of drug-likeness (QED) is 0.642. The Hall–Kier alpha value is -3.16. The van der Waals surface area contributed by atoms with Gasteiger partial charge in [-0.3, -0.25) is 14.7 Å². The Morgan fingerprint density at radius 1 is 1.15 bits per heavy atom. The summed E-state index contributed by atoms with van der Waals surface area (Å²) in [6.07, 6.45) is 0. The molecule has 3 rings (SSSR count). The molecular weight excluding hydrogens is 344 g/mol. The Morgan fingerprint density at radius 2 is 1.89 bits per heavy atom. The predicted octanol–water partition coefficient (Wildman–Crippen LogP) is 2.89. The van der Waals surface area contributed by atoms with Crippen molar-refractivity contribution in [3.05, 3.63) is 45.9 Å². The molecule has 0 spiro atoms. The van der Waals surface area contributed by atoms with Crippen LogP contribution < -0.4 is 16.2 Å². The summed E-state index contributed by atoms with van der Waals surface area (Å²) in [5, 5.41) is 18.6. The highest BCUT2D eigenvalue weighted by molar-refractivity contribution is 6.01. The summed E-state index contributed by atoms with van der Waals surface area (Å²) in [5.74, 6) is 0.911. The van der Waals surface area contributed by atoms with E-state index in [-0.39, 0.29) is 23.6 Å². The lowest BCUT2D eigenvalue weighted by Crippen LogP contribution is -2.30. The van der Waals surface area contributed by atoms with E-state index in [1.54, 1.807) is 18.2 Å². The maximum atomic E-state index is 12.9. The van der Waals surface area contributed by atoms with E-state index < -0.39 is 0 Å². The number of H-pyrrole nitrogens is 1. The molecule has 0 aliphatic carbocycles. The molecule has 2 aromatic heterocycles. The van der Waals surface area contributed by atoms with Crippen LogP contribution in [0.5, 0.6) is 0 Å². The van der Waals surface area contributed by atoms with Crippen LogP contribution in [0, 0.1) is 6.92 Å². The van der Waals surface area contributed by atoms with Crippen molar-refractivity contribution in [1.29, 1.82) is 0 Å². The molecule has 8 heteroatoms. The van der Waals surface area contributed by atoms with Gasteiger partial charge in [-0.05, 0) is 52.8 Å². The van der Waals surface area contributed by atoms with Gasteiger partial charge in [0.25, 0.3) is 11.5 Å². The zero-order chi connectivity index (χ0) is 19.7. The number of hydrogen-bond acceptors (Lipinski definition) is 5. The first-order valence-corrected chi connectivity index (χ1v) is 8.92. The van der Waals surface area contributed by atoms with E-state index in [2.05, 4.69) is 25.9 Å². The third kappa shape index (κ3) is 3.84. The first-order chi connectivity index (χ1) is 12.8. The Labute approximate surface area is 157 Å². The number of amides is 1. The fourth-order valence-electron chi connectivity index (χ4n) is 2.79. The highest BCUT2D eigenvalue weighted by atomic mass is 16.2. The number of fused-ring (bicyclic) bond motifs is 1. The number of carbonyl (C=O) groups is 1. The molecule has 3 N–H and O–H groups in total. The molecule has 0 radical (unpaired) electrons. The fraction of sp³-hybridized carbons (Fsp3) is 0.368. The van der Waals surface area contributed by atoms with E-state index in [9.17, 15) is 9.59 Å². The van der Waals surface area contributed by atoms with Gasteiger partial charge in [0.1, 0.15) is 0 Å². The highest BCUT2D eigenvalue weighted by Gasteiger charge is 2.16. The van der Waals surface area contributed by atoms with Crippen molar-refractivity contribution >= 4 is 28.3 Å². The van der Waals surface area contributed by atoms with Gasteiger partial charge in [0.15, 0.2) is 11.6 Å². The molecule has 0 aliphatic heterocycles. The van der Waals surface area contributed by atoms with Gasteiger partial charge in [-0.1, -0.05) is 0 Å². The largest absolute Gasteiger partial charge is 0.350 e. The lowest BCUT2D eigenvalue weighted by atomic mass is 10.1. The standard InChI is InChI=1S/C19H24N6O2/c1-10(2)20-18(26)13-6-7-14-15(9-13)19(27)25(11(3)4)24-17(14)21-16-8-12(5)22-23-16/h6-11H,1-5H3,(H,20,26)(H2,21,22,23,24). The van der Waals surface area contributed by atoms with Crippen molar-refractivity contribution in [2.75, 3.05) is 5.32 Å². The summed E-state index contributed by atoms with van der Waals surface area (Å²) in [6, 6.07) is 6.79. The molecule has 0 aliphatic rings. The van der Waals surface area contributed by atoms with Crippen molar-refractivity contribution in [1.82, 2.24) is 25.3 Å². The second kappa shape index (κ2) is 7.22. The van der Waals surface area contributed by atoms with E-state index >= 15 is 0 Å². The minimum atomic E-state index is -0.233. The van der Waals surface area contributed by atoms with Gasteiger partial charge < -0.3 is 10.6 Å². The number of carbonyl (C=O) groups excluding carboxylic acids is 1. The molecule has 1 amide bonds. The van der Waals surface area contributed by atoms with Crippen LogP contribution in [0.4, 0.5) is 11.6 Å². The number of nitrogens with one attached hydrogen (secondary N) is 3. The predicted molar refractivity (Wildman–Crippen MR) is 106 cm³/mol. The summed E-state index contributed by atoms with van der Waals surface area (Å²) in [6.45, 7) is 9.46. The Kier molecular flexibility index (Phi) is 4.98. The third-order valence-corrected chi connectivity index (χ3v) is 4.04. The molecular formula is C19H24N6O2. The lowest BCUT2D eigenvalue weighted by Gasteiger charge is -2.15. The van der Waals surface area contributed by atoms with E-state index in [1.165, 1.54) is 4.68 Å². The minimum Gasteiger partial charge on any atom is -0.350 e. The van der Waals surface area contributed by atoms with Gasteiger partial charge in [0.05, 0.1) is 11.4 Å². The normalized spacial score (nSPS) is 11.4. The molecule has 0 saturated carbocycles. The number of hydrogen-bond donors (Lipinski definition) is 3. The highest BCUT2D eigenvalue weighted by Crippen LogP contribution is 2.23. The van der Waals surface area contributed by atoms with Crippen molar-refractivity contribution in [2.24, 2.45) is 0 Å². The Balaban J connectivity index is 2.16. The summed E-state index contributed by atoms with van der Waals surface area (Å²) >= 11 is 0. The Morgan fingerprint density at radius 3 is 2.48 bits per heavy atom. The van der Waals surface area contributed by atoms with Crippen molar-refractivity contribution in [3.8, 4) is 0 Å². The van der Waals surface area contributed by atoms with Gasteiger partial charge in [-0.15, -0.1) is 0 Å². The van der Waals surface area contributed by atoms with Crippen molar-refractivity contribution < 1.29 is 4.79 Å². The third-order valence-electron chi connectivity index (χ3n) is 4.04. The molecule has 0 unspecified atom stereocenters. The minimum absolute atomic E-state index is 0.0121. The molecule has 1 aromatic carbocycles. The van der Waals surface area contributed by atoms with Crippen LogP contribution in [0.25, 0.3) is 10.8 Å². The number of benzene rings is 1. The first-order valence-electron chi connectivity index (χ1n) is 8.92. The molecule has 0 saturated heterocycles. The summed E-state index contributed by atoms with van der Waals surface area (Å²) in [7, 11) is 0. The summed E-state index contributed by atoms with van der Waals surface area (Å²) < 4.78 is 1.41. The van der Waals surface area contributed by atoms with Crippen LogP contribution in [0.15, 0.2) is 29.1 Å². The van der Waals surface area contributed by atoms with E-state index in [4.69, 9.17) is 0 Å². The number of aromatic amines is 1. The topological polar surface area (TPSA) is 105 Å². The number of aromatic nitrogens is 4. The maximum Gasteiger partial charge on any atom is 0.275 e. The number of anilines is 2. The average molecular weight is 368 g/mol. The van der Waals surface area contributed by atoms with Crippen LogP contribution in [0.1, 0.15) is 49.8 Å². The maximum absolute atomic E-state index is 12.9. The van der Waals surface area contributed by atoms with Gasteiger partial charge in [-0.2, -0.15) is 10.2 Å². The SMILES string of the molecule is Cc1cc(Nc2nn(C(C)C)c(=O)c3cc(C(=O)NC(C)C)ccc23)n[nH]1. The summed E-state index contributed by atoms with van der Waals surface area (Å²) in [5.41, 5.74) is 1.12. The first kappa shape index (κ1) is 18.6. The lowest BCUT2D eigenvalue weighted by molar-refractivity contribution is 0.0943. The molecule has 0 fully saturated rings. The molecule has 27 heavy (non-hydrogen) atoms. The van der Waals surface area contributed by atoms with Crippen LogP contribution >= 0.6 is 0 Å². The molecule has 2 heterocycles. The van der Waals surface area contributed by atoms with E-state index in [0.29, 0.717) is 28.0 Å². The fourth-order valence-corrected chi connectivity index (χ4v) is 2.79. The molecule has 8 nitrogen and oxygen atoms in total. The monoisotopic (exact) mass is 368 g/mol. The second-order valence-electron chi connectivity index (χ2n) is 7.14. The molecule has 142 valence electrons. The van der Waals surface area contributed by atoms with Gasteiger partial charge in [0, 0.05) is 28.8 Å². The smallest absolute Gasteiger partial charge is 0.275 e. The van der Waals surface area contributed by atoms with Crippen LogP contribution in [-0.2, 0) is 0 Å². The van der Waals surface area contributed by atoms with Crippen molar-refractivity contribution in [2.45, 2.75) is 46.7 Å². The van der Waals surface area contributed by atoms with E-state index in [1.807, 2.05) is 40.7 Å². The Bertz CT molecular complexity index is 1050. The number of nitrogens with zero attached hydrogens (tertiary/aromatic N) is 3. The van der Waals surface area contributed by atoms with Gasteiger partial charge in [-0.25, -0.2) is 4.68 Å². The van der Waals surface area contributed by atoms with E-state index in [0.717, 1.165) is 5.69 Å². The van der Waals surface area contributed by atoms with Crippen LogP contribution in [-0.4, -0.2) is 31.9 Å². The summed E-state index contributed by atoms with van der Waals surface area (Å²) in [4.78, 5) is 25.2. The number of rotatable bonds is 5.